The van der Waals surface area contributed by atoms with E-state index in [1.807, 2.05) is 61.5 Å². The minimum atomic E-state index is -0.284. The summed E-state index contributed by atoms with van der Waals surface area (Å²) in [4.78, 5) is 31.4. The van der Waals surface area contributed by atoms with Gasteiger partial charge in [-0.2, -0.15) is 0 Å². The number of nitrogens with one attached hydrogen (secondary N) is 1. The second kappa shape index (κ2) is 11.9. The van der Waals surface area contributed by atoms with Gasteiger partial charge in [-0.3, -0.25) is 4.79 Å². The van der Waals surface area contributed by atoms with E-state index in [4.69, 9.17) is 14.2 Å². The van der Waals surface area contributed by atoms with Crippen molar-refractivity contribution < 1.29 is 23.8 Å². The third kappa shape index (κ3) is 6.14. The average Bonchev–Trinajstić information content (AvgIpc) is 3.45. The zero-order chi connectivity index (χ0) is 27.2. The van der Waals surface area contributed by atoms with Crippen molar-refractivity contribution in [2.45, 2.75) is 13.5 Å². The van der Waals surface area contributed by atoms with Gasteiger partial charge in [-0.15, -0.1) is 10.2 Å². The molecule has 0 bridgehead atoms. The number of nitrogens with zero attached hydrogens (tertiary/aromatic N) is 5. The molecule has 0 saturated carbocycles. The van der Waals surface area contributed by atoms with E-state index in [0.717, 1.165) is 28.4 Å². The van der Waals surface area contributed by atoms with Crippen LogP contribution in [0.25, 0.3) is 11.3 Å². The van der Waals surface area contributed by atoms with Crippen molar-refractivity contribution in [1.29, 1.82) is 0 Å². The number of amides is 3. The predicted octanol–water partition coefficient (Wildman–Crippen LogP) is 2.76. The van der Waals surface area contributed by atoms with Crippen LogP contribution in [-0.4, -0.2) is 85.1 Å². The highest BCUT2D eigenvalue weighted by Crippen LogP contribution is 2.33. The predicted molar refractivity (Wildman–Crippen MR) is 145 cm³/mol. The molecule has 3 aromatic rings. The number of ether oxygens (including phenoxy) is 3. The molecule has 11 nitrogen and oxygen atoms in total. The first-order valence-corrected chi connectivity index (χ1v) is 13.0. The maximum atomic E-state index is 13.2. The van der Waals surface area contributed by atoms with Gasteiger partial charge in [-0.05, 0) is 48.9 Å². The molecular formula is C28H32N6O5. The van der Waals surface area contributed by atoms with Crippen LogP contribution in [0, 0.1) is 0 Å². The molecule has 2 aliphatic rings. The van der Waals surface area contributed by atoms with Crippen LogP contribution in [-0.2, 0) is 11.3 Å². The molecular weight excluding hydrogens is 500 g/mol. The third-order valence-electron chi connectivity index (χ3n) is 6.72. The highest BCUT2D eigenvalue weighted by molar-refractivity contribution is 5.84. The lowest BCUT2D eigenvalue weighted by Crippen LogP contribution is -2.52. The highest BCUT2D eigenvalue weighted by Gasteiger charge is 2.26. The van der Waals surface area contributed by atoms with Crippen LogP contribution >= 0.6 is 0 Å². The van der Waals surface area contributed by atoms with Gasteiger partial charge in [0, 0.05) is 44.8 Å². The van der Waals surface area contributed by atoms with Crippen LogP contribution in [0.5, 0.6) is 17.2 Å². The van der Waals surface area contributed by atoms with Gasteiger partial charge < -0.3 is 34.2 Å². The van der Waals surface area contributed by atoms with E-state index in [0.29, 0.717) is 44.2 Å². The summed E-state index contributed by atoms with van der Waals surface area (Å²) in [6.45, 7) is 5.09. The Morgan fingerprint density at radius 1 is 1.00 bits per heavy atom. The summed E-state index contributed by atoms with van der Waals surface area (Å²) < 4.78 is 16.1. The summed E-state index contributed by atoms with van der Waals surface area (Å²) in [7, 11) is 1.63. The Labute approximate surface area is 227 Å². The molecule has 5 rings (SSSR count). The molecule has 204 valence electrons. The summed E-state index contributed by atoms with van der Waals surface area (Å²) >= 11 is 0. The fourth-order valence-electron chi connectivity index (χ4n) is 4.60. The second-order valence-electron chi connectivity index (χ2n) is 9.26. The van der Waals surface area contributed by atoms with E-state index < -0.39 is 0 Å². The maximum absolute atomic E-state index is 13.2. The smallest absolute Gasteiger partial charge is 0.318 e. The van der Waals surface area contributed by atoms with Crippen LogP contribution in [0.1, 0.15) is 12.5 Å². The van der Waals surface area contributed by atoms with Gasteiger partial charge in [0.1, 0.15) is 12.3 Å². The maximum Gasteiger partial charge on any atom is 0.318 e. The van der Waals surface area contributed by atoms with Crippen molar-refractivity contribution in [3.05, 3.63) is 60.2 Å². The van der Waals surface area contributed by atoms with Crippen LogP contribution in [0.15, 0.2) is 54.6 Å². The molecule has 0 radical (unpaired) electrons. The van der Waals surface area contributed by atoms with Crippen molar-refractivity contribution in [3.63, 3.8) is 0 Å². The third-order valence-corrected chi connectivity index (χ3v) is 6.72. The summed E-state index contributed by atoms with van der Waals surface area (Å²) in [6, 6.07) is 16.8. The molecule has 1 saturated heterocycles. The largest absolute Gasteiger partial charge is 0.497 e. The van der Waals surface area contributed by atoms with E-state index >= 15 is 0 Å². The van der Waals surface area contributed by atoms with E-state index in [1.165, 1.54) is 4.90 Å². The Bertz CT molecular complexity index is 1310. The highest BCUT2D eigenvalue weighted by atomic mass is 16.7. The number of piperazine rings is 1. The number of urea groups is 1. The van der Waals surface area contributed by atoms with Crippen LogP contribution < -0.4 is 24.4 Å². The van der Waals surface area contributed by atoms with E-state index in [2.05, 4.69) is 20.4 Å². The van der Waals surface area contributed by atoms with Crippen LogP contribution in [0.4, 0.5) is 10.6 Å². The van der Waals surface area contributed by atoms with Crippen molar-refractivity contribution >= 4 is 17.8 Å². The minimum absolute atomic E-state index is 0.0185. The van der Waals surface area contributed by atoms with Crippen molar-refractivity contribution in [3.8, 4) is 28.5 Å². The van der Waals surface area contributed by atoms with Gasteiger partial charge in [0.15, 0.2) is 17.3 Å². The number of anilines is 1. The number of aromatic nitrogens is 2. The van der Waals surface area contributed by atoms with E-state index in [1.54, 1.807) is 12.0 Å². The first-order valence-electron chi connectivity index (χ1n) is 13.0. The Kier molecular flexibility index (Phi) is 7.95. The van der Waals surface area contributed by atoms with Crippen molar-refractivity contribution in [1.82, 2.24) is 25.3 Å². The van der Waals surface area contributed by atoms with Crippen molar-refractivity contribution in [2.24, 2.45) is 0 Å². The zero-order valence-corrected chi connectivity index (χ0v) is 22.1. The minimum Gasteiger partial charge on any atom is -0.497 e. The second-order valence-corrected chi connectivity index (χ2v) is 9.26. The number of rotatable bonds is 8. The number of hydrogen-bond donors (Lipinski definition) is 1. The molecule has 1 aromatic heterocycles. The standard InChI is InChI=1S/C28H32N6O5/c1-3-29-28(36)34(17-20-7-9-24-25(15-20)39-19-38-24)18-27(35)33-13-11-32(12-14-33)26-10-8-23(30-31-26)21-5-4-6-22(16-21)37-2/h4-10,15-16H,3,11-14,17-19H2,1-2H3,(H,29,36). The Hall–Kier alpha value is -4.54. The zero-order valence-electron chi connectivity index (χ0n) is 22.1. The van der Waals surface area contributed by atoms with Gasteiger partial charge >= 0.3 is 6.03 Å². The molecule has 0 atom stereocenters. The van der Waals surface area contributed by atoms with E-state index in [9.17, 15) is 9.59 Å². The lowest BCUT2D eigenvalue weighted by atomic mass is 10.1. The topological polar surface area (TPSA) is 109 Å². The average molecular weight is 533 g/mol. The Morgan fingerprint density at radius 2 is 1.82 bits per heavy atom. The van der Waals surface area contributed by atoms with Gasteiger partial charge in [0.2, 0.25) is 12.7 Å². The number of methoxy groups -OCH3 is 1. The Morgan fingerprint density at radius 3 is 2.56 bits per heavy atom. The molecule has 39 heavy (non-hydrogen) atoms. The molecule has 3 amide bonds. The lowest BCUT2D eigenvalue weighted by molar-refractivity contribution is -0.132. The van der Waals surface area contributed by atoms with E-state index in [-0.39, 0.29) is 31.8 Å². The molecule has 3 heterocycles. The number of hydrogen-bond acceptors (Lipinski definition) is 8. The van der Waals surface area contributed by atoms with Gasteiger partial charge in [-0.1, -0.05) is 18.2 Å². The normalized spacial score (nSPS) is 14.2. The number of carbonyl (C=O) groups is 2. The number of carbonyl (C=O) groups excluding carboxylic acids is 2. The number of fused-ring (bicyclic) bond motifs is 1. The molecule has 2 aromatic carbocycles. The monoisotopic (exact) mass is 532 g/mol. The fraction of sp³-hybridized carbons (Fsp3) is 0.357. The lowest BCUT2D eigenvalue weighted by Gasteiger charge is -2.36. The summed E-state index contributed by atoms with van der Waals surface area (Å²) in [6.07, 6.45) is 0. The van der Waals surface area contributed by atoms with Gasteiger partial charge in [0.25, 0.3) is 0 Å². The van der Waals surface area contributed by atoms with Crippen molar-refractivity contribution in [2.75, 3.05) is 58.1 Å². The molecule has 11 heteroatoms. The van der Waals surface area contributed by atoms with Crippen LogP contribution in [0.3, 0.4) is 0 Å². The van der Waals surface area contributed by atoms with Gasteiger partial charge in [0.05, 0.1) is 12.8 Å². The molecule has 0 unspecified atom stereocenters. The molecule has 0 spiro atoms. The Balaban J connectivity index is 1.18. The fourth-order valence-corrected chi connectivity index (χ4v) is 4.60. The van der Waals surface area contributed by atoms with Gasteiger partial charge in [-0.25, -0.2) is 4.79 Å². The SMILES string of the molecule is CCNC(=O)N(CC(=O)N1CCN(c2ccc(-c3cccc(OC)c3)nn2)CC1)Cc1ccc2c(c1)OCO2. The first kappa shape index (κ1) is 26.1. The summed E-state index contributed by atoms with van der Waals surface area (Å²) in [5.74, 6) is 2.75. The number of benzene rings is 2. The first-order chi connectivity index (χ1) is 19.0. The quantitative estimate of drug-likeness (QED) is 0.472. The molecule has 2 aliphatic heterocycles. The summed E-state index contributed by atoms with van der Waals surface area (Å²) in [5, 5.41) is 11.6. The molecule has 0 aliphatic carbocycles. The van der Waals surface area contributed by atoms with Crippen LogP contribution in [0.2, 0.25) is 0 Å². The molecule has 1 N–H and O–H groups in total. The summed E-state index contributed by atoms with van der Waals surface area (Å²) in [5.41, 5.74) is 2.56. The molecule has 1 fully saturated rings.